The Balaban J connectivity index is 1.42. The number of nitrogens with zero attached hydrogens (tertiary/aromatic N) is 3. The van der Waals surface area contributed by atoms with Crippen LogP contribution < -0.4 is 16.8 Å². The zero-order valence-electron chi connectivity index (χ0n) is 18.5. The Morgan fingerprint density at radius 2 is 1.71 bits per heavy atom. The molecule has 1 aliphatic carbocycles. The molecule has 10 heteroatoms. The number of rotatable bonds is 6. The number of aliphatic hydroxyl groups excluding tert-OH is 1. The number of hydrogen-bond donors (Lipinski definition) is 4. The number of anilines is 1. The molecule has 0 radical (unpaired) electrons. The second kappa shape index (κ2) is 8.45. The van der Waals surface area contributed by atoms with E-state index in [4.69, 9.17) is 16.6 Å². The van der Waals surface area contributed by atoms with Gasteiger partial charge in [0.15, 0.2) is 0 Å². The van der Waals surface area contributed by atoms with Crippen molar-refractivity contribution in [3.63, 3.8) is 0 Å². The van der Waals surface area contributed by atoms with Gasteiger partial charge in [-0.1, -0.05) is 12.1 Å². The number of benzene rings is 1. The maximum absolute atomic E-state index is 12.2. The van der Waals surface area contributed by atoms with Crippen molar-refractivity contribution in [1.82, 2.24) is 14.5 Å². The fraction of sp³-hybridized carbons (Fsp3) is 0.333. The van der Waals surface area contributed by atoms with Crippen LogP contribution in [-0.4, -0.2) is 63.1 Å². The Bertz CT molecular complexity index is 1270. The Morgan fingerprint density at radius 1 is 1.03 bits per heavy atom. The van der Waals surface area contributed by atoms with E-state index >= 15 is 0 Å². The summed E-state index contributed by atoms with van der Waals surface area (Å²) in [6.45, 7) is 0.834. The molecule has 2 aliphatic rings. The summed E-state index contributed by atoms with van der Waals surface area (Å²) in [6, 6.07) is 9.02. The van der Waals surface area contributed by atoms with Gasteiger partial charge in [0.1, 0.15) is 6.61 Å². The van der Waals surface area contributed by atoms with Crippen LogP contribution in [0.2, 0.25) is 0 Å². The zero-order valence-corrected chi connectivity index (χ0v) is 18.5. The largest absolute Gasteiger partial charge is 0.387 e. The topological polar surface area (TPSA) is 156 Å². The van der Waals surface area contributed by atoms with Crippen LogP contribution in [0.4, 0.5) is 5.69 Å². The summed E-state index contributed by atoms with van der Waals surface area (Å²) in [4.78, 5) is 37.1. The van der Waals surface area contributed by atoms with Crippen molar-refractivity contribution >= 4 is 28.9 Å². The quantitative estimate of drug-likeness (QED) is 0.425. The highest BCUT2D eigenvalue weighted by Gasteiger charge is 2.42. The number of amides is 3. The predicted molar refractivity (Wildman–Crippen MR) is 125 cm³/mol. The van der Waals surface area contributed by atoms with E-state index in [-0.39, 0.29) is 11.9 Å². The third-order valence-electron chi connectivity index (χ3n) is 6.99. The van der Waals surface area contributed by atoms with Gasteiger partial charge in [-0.25, -0.2) is 4.52 Å². The minimum atomic E-state index is -0.566. The van der Waals surface area contributed by atoms with E-state index in [1.165, 1.54) is 6.20 Å². The zero-order chi connectivity index (χ0) is 24.0. The molecule has 3 amide bonds. The van der Waals surface area contributed by atoms with Crippen molar-refractivity contribution < 1.29 is 19.5 Å². The van der Waals surface area contributed by atoms with Crippen molar-refractivity contribution in [2.45, 2.75) is 18.9 Å². The van der Waals surface area contributed by atoms with Gasteiger partial charge in [0.25, 0.3) is 5.91 Å². The SMILES string of the molecule is NC(=O)c1ccc(-c2cc3c(NC4CC5CN(C(=O)CO)CC5C4)c(C(N)=O)cnn3c2)cc1. The van der Waals surface area contributed by atoms with Gasteiger partial charge >= 0.3 is 0 Å². The van der Waals surface area contributed by atoms with Crippen LogP contribution in [0.1, 0.15) is 33.6 Å². The number of likely N-dealkylation sites (tertiary alicyclic amines) is 1. The van der Waals surface area contributed by atoms with Gasteiger partial charge in [0, 0.05) is 36.5 Å². The number of carbonyl (C=O) groups excluding carboxylic acids is 3. The van der Waals surface area contributed by atoms with E-state index in [2.05, 4.69) is 10.4 Å². The lowest BCUT2D eigenvalue weighted by Crippen LogP contribution is -2.33. The van der Waals surface area contributed by atoms with Crippen LogP contribution in [0.3, 0.4) is 0 Å². The molecule has 1 aromatic carbocycles. The molecule has 1 saturated carbocycles. The van der Waals surface area contributed by atoms with Gasteiger partial charge < -0.3 is 26.8 Å². The van der Waals surface area contributed by atoms with Crippen LogP contribution in [0, 0.1) is 11.8 Å². The van der Waals surface area contributed by atoms with Gasteiger partial charge in [-0.2, -0.15) is 5.10 Å². The molecule has 3 heterocycles. The van der Waals surface area contributed by atoms with Crippen LogP contribution in [0.5, 0.6) is 0 Å². The third-order valence-corrected chi connectivity index (χ3v) is 6.99. The molecule has 0 bridgehead atoms. The maximum Gasteiger partial charge on any atom is 0.252 e. The highest BCUT2D eigenvalue weighted by molar-refractivity contribution is 6.02. The maximum atomic E-state index is 12.2. The highest BCUT2D eigenvalue weighted by atomic mass is 16.3. The first-order valence-electron chi connectivity index (χ1n) is 11.2. The molecule has 34 heavy (non-hydrogen) atoms. The normalized spacial score (nSPS) is 21.6. The molecule has 2 fully saturated rings. The molecular formula is C24H26N6O4. The van der Waals surface area contributed by atoms with E-state index in [1.54, 1.807) is 21.5 Å². The molecule has 2 atom stereocenters. The van der Waals surface area contributed by atoms with E-state index in [0.717, 1.165) is 29.5 Å². The lowest BCUT2D eigenvalue weighted by molar-refractivity contribution is -0.133. The lowest BCUT2D eigenvalue weighted by Gasteiger charge is -2.21. The van der Waals surface area contributed by atoms with Gasteiger partial charge in [0.2, 0.25) is 11.8 Å². The molecular weight excluding hydrogens is 436 g/mol. The molecule has 5 rings (SSSR count). The summed E-state index contributed by atoms with van der Waals surface area (Å²) in [5.41, 5.74) is 14.8. The summed E-state index contributed by atoms with van der Waals surface area (Å²) >= 11 is 0. The van der Waals surface area contributed by atoms with Crippen molar-refractivity contribution in [2.24, 2.45) is 23.3 Å². The Labute approximate surface area is 195 Å². The van der Waals surface area contributed by atoms with Crippen molar-refractivity contribution in [2.75, 3.05) is 25.0 Å². The molecule has 1 aliphatic heterocycles. The molecule has 2 aromatic heterocycles. The fourth-order valence-corrected chi connectivity index (χ4v) is 5.31. The smallest absolute Gasteiger partial charge is 0.252 e. The number of aliphatic hydroxyl groups is 1. The minimum Gasteiger partial charge on any atom is -0.387 e. The van der Waals surface area contributed by atoms with Crippen LogP contribution in [0.15, 0.2) is 42.7 Å². The number of hydrogen-bond acceptors (Lipinski definition) is 6. The first-order valence-corrected chi connectivity index (χ1v) is 11.2. The number of fused-ring (bicyclic) bond motifs is 2. The minimum absolute atomic E-state index is 0.124. The molecule has 176 valence electrons. The Morgan fingerprint density at radius 3 is 2.29 bits per heavy atom. The summed E-state index contributed by atoms with van der Waals surface area (Å²) < 4.78 is 1.70. The van der Waals surface area contributed by atoms with Gasteiger partial charge in [0.05, 0.1) is 23.0 Å². The lowest BCUT2D eigenvalue weighted by atomic mass is 10.0. The van der Waals surface area contributed by atoms with E-state index in [1.807, 2.05) is 24.4 Å². The first kappa shape index (κ1) is 21.9. The number of primary amides is 2. The summed E-state index contributed by atoms with van der Waals surface area (Å²) in [7, 11) is 0. The van der Waals surface area contributed by atoms with Crippen molar-refractivity contribution in [3.8, 4) is 11.1 Å². The van der Waals surface area contributed by atoms with E-state index in [0.29, 0.717) is 41.7 Å². The second-order valence-electron chi connectivity index (χ2n) is 9.09. The first-order chi connectivity index (χ1) is 16.3. The molecule has 0 spiro atoms. The summed E-state index contributed by atoms with van der Waals surface area (Å²) in [5, 5.41) is 17.0. The average Bonchev–Trinajstić information content (AvgIpc) is 3.51. The van der Waals surface area contributed by atoms with Crippen LogP contribution >= 0.6 is 0 Å². The monoisotopic (exact) mass is 462 g/mol. The van der Waals surface area contributed by atoms with E-state index < -0.39 is 18.4 Å². The second-order valence-corrected chi connectivity index (χ2v) is 9.09. The predicted octanol–water partition coefficient (Wildman–Crippen LogP) is 0.840. The summed E-state index contributed by atoms with van der Waals surface area (Å²) in [6.07, 6.45) is 5.03. The molecule has 3 aromatic rings. The van der Waals surface area contributed by atoms with Crippen LogP contribution in [0.25, 0.3) is 16.6 Å². The van der Waals surface area contributed by atoms with Gasteiger partial charge in [-0.15, -0.1) is 0 Å². The molecule has 6 N–H and O–H groups in total. The number of nitrogens with two attached hydrogens (primary N) is 2. The Hall–Kier alpha value is -3.92. The van der Waals surface area contributed by atoms with Crippen LogP contribution in [-0.2, 0) is 4.79 Å². The van der Waals surface area contributed by atoms with Crippen molar-refractivity contribution in [3.05, 3.63) is 53.9 Å². The third kappa shape index (κ3) is 3.86. The average molecular weight is 463 g/mol. The van der Waals surface area contributed by atoms with Crippen molar-refractivity contribution in [1.29, 1.82) is 0 Å². The summed E-state index contributed by atoms with van der Waals surface area (Å²) in [5.74, 6) is -0.569. The number of aromatic nitrogens is 2. The molecule has 2 unspecified atom stereocenters. The van der Waals surface area contributed by atoms with Gasteiger partial charge in [-0.05, 0) is 48.4 Å². The molecule has 10 nitrogen and oxygen atoms in total. The number of nitrogens with one attached hydrogen (secondary N) is 1. The van der Waals surface area contributed by atoms with Gasteiger partial charge in [-0.3, -0.25) is 14.4 Å². The highest BCUT2D eigenvalue weighted by Crippen LogP contribution is 2.40. The standard InChI is InChI=1S/C24H26N6O4/c25-23(33)14-3-1-13(2-4-14)17-7-20-22(19(24(26)34)8-27-30(20)11-17)28-18-5-15-9-29(21(32)12-31)10-16(15)6-18/h1-4,7-8,11,15-16,18,28,31H,5-6,9-10,12H2,(H2,25,33)(H2,26,34). The Kier molecular flexibility index (Phi) is 5.45. The fourth-order valence-electron chi connectivity index (χ4n) is 5.31. The molecule has 1 saturated heterocycles. The van der Waals surface area contributed by atoms with E-state index in [9.17, 15) is 14.4 Å². The number of carbonyl (C=O) groups is 3.